The van der Waals surface area contributed by atoms with E-state index in [-0.39, 0.29) is 5.96 Å². The number of aromatic nitrogens is 1. The molecule has 0 fully saturated rings. The summed E-state index contributed by atoms with van der Waals surface area (Å²) < 4.78 is 0. The molecule has 0 aromatic carbocycles. The SMILES string of the molecule is CCCC.NC(N)=Nc1nc(CCl)cs1. The van der Waals surface area contributed by atoms with Gasteiger partial charge in [0.25, 0.3) is 0 Å². The minimum atomic E-state index is 0.0143. The molecule has 0 aliphatic heterocycles. The number of aliphatic imine (C=N–C) groups is 1. The number of halogens is 1. The Hall–Kier alpha value is -0.810. The number of alkyl halides is 1. The van der Waals surface area contributed by atoms with E-state index in [1.54, 1.807) is 0 Å². The summed E-state index contributed by atoms with van der Waals surface area (Å²) >= 11 is 6.87. The Morgan fingerprint density at radius 1 is 1.47 bits per heavy atom. The van der Waals surface area contributed by atoms with Gasteiger partial charge in [-0.15, -0.1) is 22.9 Å². The van der Waals surface area contributed by atoms with Crippen LogP contribution >= 0.6 is 22.9 Å². The van der Waals surface area contributed by atoms with Gasteiger partial charge in [-0.05, 0) is 0 Å². The number of unbranched alkanes of at least 4 members (excludes halogenated alkanes) is 1. The average molecular weight is 249 g/mol. The van der Waals surface area contributed by atoms with Crippen LogP contribution in [0.4, 0.5) is 5.13 Å². The van der Waals surface area contributed by atoms with Gasteiger partial charge in [-0.1, -0.05) is 26.7 Å². The van der Waals surface area contributed by atoms with Crippen molar-refractivity contribution in [3.8, 4) is 0 Å². The number of rotatable bonds is 3. The molecular formula is C9H17ClN4S. The fraction of sp³-hybridized carbons (Fsp3) is 0.556. The third-order valence-corrected chi connectivity index (χ3v) is 2.46. The molecule has 6 heteroatoms. The molecule has 0 radical (unpaired) electrons. The molecule has 0 aliphatic rings. The van der Waals surface area contributed by atoms with E-state index in [0.29, 0.717) is 11.0 Å². The quantitative estimate of drug-likeness (QED) is 0.490. The molecule has 4 N–H and O–H groups in total. The third kappa shape index (κ3) is 7.16. The highest BCUT2D eigenvalue weighted by atomic mass is 35.5. The van der Waals surface area contributed by atoms with Gasteiger partial charge in [0.15, 0.2) is 5.96 Å². The maximum absolute atomic E-state index is 5.51. The van der Waals surface area contributed by atoms with Gasteiger partial charge >= 0.3 is 0 Å². The summed E-state index contributed by atoms with van der Waals surface area (Å²) in [5.41, 5.74) is 11.1. The second kappa shape index (κ2) is 8.49. The van der Waals surface area contributed by atoms with E-state index < -0.39 is 0 Å². The minimum Gasteiger partial charge on any atom is -0.370 e. The molecule has 0 amide bonds. The lowest BCUT2D eigenvalue weighted by molar-refractivity contribution is 0.886. The highest BCUT2D eigenvalue weighted by molar-refractivity contribution is 7.13. The Kier molecular flexibility index (Phi) is 8.04. The van der Waals surface area contributed by atoms with Crippen molar-refractivity contribution >= 4 is 34.0 Å². The number of hydrogen-bond donors (Lipinski definition) is 2. The Balaban J connectivity index is 0.000000423. The average Bonchev–Trinajstić information content (AvgIpc) is 2.65. The van der Waals surface area contributed by atoms with Gasteiger partial charge in [0.05, 0.1) is 11.6 Å². The van der Waals surface area contributed by atoms with E-state index in [1.807, 2.05) is 5.38 Å². The normalized spacial score (nSPS) is 9.00. The van der Waals surface area contributed by atoms with Gasteiger partial charge < -0.3 is 11.5 Å². The molecule has 1 rings (SSSR count). The molecule has 1 aromatic heterocycles. The number of hydrogen-bond acceptors (Lipinski definition) is 3. The fourth-order valence-corrected chi connectivity index (χ4v) is 1.45. The molecule has 0 spiro atoms. The lowest BCUT2D eigenvalue weighted by Crippen LogP contribution is -2.21. The van der Waals surface area contributed by atoms with Crippen molar-refractivity contribution in [2.45, 2.75) is 32.6 Å². The van der Waals surface area contributed by atoms with Crippen molar-refractivity contribution in [2.75, 3.05) is 0 Å². The van der Waals surface area contributed by atoms with Crippen molar-refractivity contribution < 1.29 is 0 Å². The number of nitrogens with zero attached hydrogens (tertiary/aromatic N) is 2. The first-order valence-corrected chi connectivity index (χ1v) is 6.15. The van der Waals surface area contributed by atoms with Crippen molar-refractivity contribution in [2.24, 2.45) is 16.5 Å². The molecular weight excluding hydrogens is 232 g/mol. The molecule has 1 heterocycles. The van der Waals surface area contributed by atoms with Crippen LogP contribution in [0, 0.1) is 0 Å². The molecule has 86 valence electrons. The molecule has 0 bridgehead atoms. The van der Waals surface area contributed by atoms with Crippen molar-refractivity contribution in [1.82, 2.24) is 4.98 Å². The number of nitrogens with two attached hydrogens (primary N) is 2. The summed E-state index contributed by atoms with van der Waals surface area (Å²) in [6.07, 6.45) is 2.64. The van der Waals surface area contributed by atoms with E-state index in [1.165, 1.54) is 24.2 Å². The zero-order chi connectivity index (χ0) is 11.7. The Morgan fingerprint density at radius 2 is 2.07 bits per heavy atom. The van der Waals surface area contributed by atoms with Gasteiger partial charge in [0.2, 0.25) is 5.13 Å². The molecule has 4 nitrogen and oxygen atoms in total. The summed E-state index contributed by atoms with van der Waals surface area (Å²) in [5, 5.41) is 2.36. The largest absolute Gasteiger partial charge is 0.370 e. The van der Waals surface area contributed by atoms with Crippen LogP contribution < -0.4 is 11.5 Å². The molecule has 1 aromatic rings. The zero-order valence-corrected chi connectivity index (χ0v) is 10.6. The van der Waals surface area contributed by atoms with Gasteiger partial charge in [0, 0.05) is 5.38 Å². The summed E-state index contributed by atoms with van der Waals surface area (Å²) in [6.45, 7) is 4.36. The highest BCUT2D eigenvalue weighted by Crippen LogP contribution is 2.19. The maximum Gasteiger partial charge on any atom is 0.212 e. The van der Waals surface area contributed by atoms with E-state index in [9.17, 15) is 0 Å². The van der Waals surface area contributed by atoms with E-state index in [0.717, 1.165) is 5.69 Å². The van der Waals surface area contributed by atoms with Crippen LogP contribution in [0.25, 0.3) is 0 Å². The summed E-state index contributed by atoms with van der Waals surface area (Å²) in [7, 11) is 0. The van der Waals surface area contributed by atoms with Crippen LogP contribution in [0.3, 0.4) is 0 Å². The number of guanidine groups is 1. The lowest BCUT2D eigenvalue weighted by Gasteiger charge is -1.85. The molecule has 0 atom stereocenters. The van der Waals surface area contributed by atoms with Gasteiger partial charge in [-0.25, -0.2) is 4.98 Å². The second-order valence-electron chi connectivity index (χ2n) is 2.79. The monoisotopic (exact) mass is 248 g/mol. The fourth-order valence-electron chi connectivity index (χ4n) is 0.519. The van der Waals surface area contributed by atoms with E-state index >= 15 is 0 Å². The van der Waals surface area contributed by atoms with Crippen LogP contribution in [0.1, 0.15) is 32.4 Å². The predicted molar refractivity (Wildman–Crippen MR) is 67.7 cm³/mol. The molecule has 0 unspecified atom stereocenters. The molecule has 0 saturated heterocycles. The van der Waals surface area contributed by atoms with Gasteiger partial charge in [-0.3, -0.25) is 0 Å². The minimum absolute atomic E-state index is 0.0143. The first-order chi connectivity index (χ1) is 7.13. The first-order valence-electron chi connectivity index (χ1n) is 4.74. The molecule has 0 aliphatic carbocycles. The zero-order valence-electron chi connectivity index (χ0n) is 9.03. The lowest BCUT2D eigenvalue weighted by atomic mass is 10.4. The highest BCUT2D eigenvalue weighted by Gasteiger charge is 1.97. The summed E-state index contributed by atoms with van der Waals surface area (Å²) in [4.78, 5) is 7.76. The van der Waals surface area contributed by atoms with Crippen LogP contribution in [0.2, 0.25) is 0 Å². The van der Waals surface area contributed by atoms with Crippen LogP contribution in [0.5, 0.6) is 0 Å². The molecule has 15 heavy (non-hydrogen) atoms. The Labute approximate surface area is 99.4 Å². The maximum atomic E-state index is 5.51. The van der Waals surface area contributed by atoms with Crippen molar-refractivity contribution in [3.05, 3.63) is 11.1 Å². The smallest absolute Gasteiger partial charge is 0.212 e. The van der Waals surface area contributed by atoms with Crippen LogP contribution in [0.15, 0.2) is 10.4 Å². The van der Waals surface area contributed by atoms with Crippen LogP contribution in [-0.4, -0.2) is 10.9 Å². The van der Waals surface area contributed by atoms with Gasteiger partial charge in [-0.2, -0.15) is 4.99 Å². The predicted octanol–water partition coefficient (Wildman–Crippen LogP) is 2.59. The van der Waals surface area contributed by atoms with E-state index in [4.69, 9.17) is 23.1 Å². The van der Waals surface area contributed by atoms with Crippen molar-refractivity contribution in [1.29, 1.82) is 0 Å². The van der Waals surface area contributed by atoms with Gasteiger partial charge in [0.1, 0.15) is 0 Å². The number of thiazole rings is 1. The van der Waals surface area contributed by atoms with Crippen LogP contribution in [-0.2, 0) is 5.88 Å². The topological polar surface area (TPSA) is 77.3 Å². The standard InChI is InChI=1S/C5H7ClN4S.C4H10/c6-1-3-2-11-5(9-3)10-4(7)8;1-3-4-2/h2H,1H2,(H4,7,8,9,10);3-4H2,1-2H3. The second-order valence-corrected chi connectivity index (χ2v) is 3.90. The van der Waals surface area contributed by atoms with E-state index in [2.05, 4.69) is 23.8 Å². The summed E-state index contributed by atoms with van der Waals surface area (Å²) in [6, 6.07) is 0. The Bertz CT molecular complexity index is 292. The summed E-state index contributed by atoms with van der Waals surface area (Å²) in [5.74, 6) is 0.400. The van der Waals surface area contributed by atoms with Crippen molar-refractivity contribution in [3.63, 3.8) is 0 Å². The third-order valence-electron chi connectivity index (χ3n) is 1.40. The Morgan fingerprint density at radius 3 is 2.40 bits per heavy atom. The molecule has 0 saturated carbocycles. The first kappa shape index (κ1) is 14.2.